The fraction of sp³-hybridized carbons (Fsp3) is 0.357. The number of hydrogen-bond acceptors (Lipinski definition) is 5. The smallest absolute Gasteiger partial charge is 0.415 e. The molecule has 110 valence electrons. The van der Waals surface area contributed by atoms with Gasteiger partial charge in [-0.2, -0.15) is 0 Å². The molecule has 2 aliphatic rings. The molecule has 2 unspecified atom stereocenters. The Labute approximate surface area is 120 Å². The van der Waals surface area contributed by atoms with Crippen LogP contribution in [0.15, 0.2) is 24.3 Å². The van der Waals surface area contributed by atoms with Crippen LogP contribution in [0.2, 0.25) is 0 Å². The number of carbonyl (C=O) groups is 3. The van der Waals surface area contributed by atoms with Crippen LogP contribution < -0.4 is 10.6 Å². The molecular formula is C14H14N2O5. The maximum absolute atomic E-state index is 11.9. The molecular weight excluding hydrogens is 276 g/mol. The molecule has 0 aromatic heterocycles. The fourth-order valence-corrected chi connectivity index (χ4v) is 2.32. The zero-order chi connectivity index (χ0) is 14.8. The van der Waals surface area contributed by atoms with E-state index in [9.17, 15) is 14.4 Å². The third-order valence-corrected chi connectivity index (χ3v) is 3.39. The molecule has 3 rings (SSSR count). The summed E-state index contributed by atoms with van der Waals surface area (Å²) in [4.78, 5) is 34.3. The van der Waals surface area contributed by atoms with Crippen molar-refractivity contribution in [3.63, 3.8) is 0 Å². The van der Waals surface area contributed by atoms with Gasteiger partial charge in [0.25, 0.3) is 11.8 Å². The topological polar surface area (TPSA) is 93.7 Å². The summed E-state index contributed by atoms with van der Waals surface area (Å²) in [6.45, 7) is 0.610. The highest BCUT2D eigenvalue weighted by atomic mass is 16.6. The zero-order valence-electron chi connectivity index (χ0n) is 11.1. The van der Waals surface area contributed by atoms with Gasteiger partial charge >= 0.3 is 6.09 Å². The summed E-state index contributed by atoms with van der Waals surface area (Å²) in [6.07, 6.45) is -0.464. The first-order chi connectivity index (χ1) is 10.1. The summed E-state index contributed by atoms with van der Waals surface area (Å²) >= 11 is 0. The second kappa shape index (κ2) is 5.53. The molecule has 0 aliphatic carbocycles. The van der Waals surface area contributed by atoms with Crippen molar-refractivity contribution in [3.05, 3.63) is 29.8 Å². The summed E-state index contributed by atoms with van der Waals surface area (Å²) < 4.78 is 10.2. The summed E-state index contributed by atoms with van der Waals surface area (Å²) in [6, 6.07) is 6.57. The quantitative estimate of drug-likeness (QED) is 0.869. The van der Waals surface area contributed by atoms with E-state index in [1.165, 1.54) is 0 Å². The lowest BCUT2D eigenvalue weighted by Crippen LogP contribution is -2.26. The molecule has 0 spiro atoms. The van der Waals surface area contributed by atoms with Crippen molar-refractivity contribution >= 4 is 23.6 Å². The zero-order valence-corrected chi connectivity index (χ0v) is 11.1. The largest absolute Gasteiger partial charge is 0.431 e. The van der Waals surface area contributed by atoms with E-state index in [1.54, 1.807) is 24.3 Å². The van der Waals surface area contributed by atoms with Crippen LogP contribution in [-0.2, 0) is 19.1 Å². The molecule has 2 fully saturated rings. The molecule has 21 heavy (non-hydrogen) atoms. The van der Waals surface area contributed by atoms with Crippen molar-refractivity contribution in [2.75, 3.05) is 11.9 Å². The number of anilines is 1. The van der Waals surface area contributed by atoms with Gasteiger partial charge in [-0.1, -0.05) is 12.1 Å². The van der Waals surface area contributed by atoms with Crippen LogP contribution in [0.25, 0.3) is 0 Å². The number of carbonyl (C=O) groups excluding carboxylic acids is 3. The predicted octanol–water partition coefficient (Wildman–Crippen LogP) is 1.11. The van der Waals surface area contributed by atoms with E-state index in [1.807, 2.05) is 0 Å². The van der Waals surface area contributed by atoms with E-state index in [-0.39, 0.29) is 5.91 Å². The minimum absolute atomic E-state index is 0.176. The maximum atomic E-state index is 11.9. The summed E-state index contributed by atoms with van der Waals surface area (Å²) in [5.74, 6) is -0.665. The van der Waals surface area contributed by atoms with Crippen LogP contribution in [0.1, 0.15) is 24.5 Å². The number of ether oxygens (including phenoxy) is 2. The van der Waals surface area contributed by atoms with Gasteiger partial charge in [0.15, 0.2) is 0 Å². The van der Waals surface area contributed by atoms with Crippen molar-refractivity contribution in [1.29, 1.82) is 0 Å². The second-order valence-electron chi connectivity index (χ2n) is 4.89. The van der Waals surface area contributed by atoms with Crippen molar-refractivity contribution in [1.82, 2.24) is 5.32 Å². The highest BCUT2D eigenvalue weighted by Gasteiger charge is 2.33. The number of rotatable bonds is 3. The lowest BCUT2D eigenvalue weighted by atomic mass is 10.1. The van der Waals surface area contributed by atoms with Gasteiger partial charge in [-0.25, -0.2) is 4.79 Å². The molecule has 1 aromatic rings. The highest BCUT2D eigenvalue weighted by molar-refractivity contribution is 6.00. The molecule has 7 nitrogen and oxygen atoms in total. The van der Waals surface area contributed by atoms with Crippen LogP contribution in [0.5, 0.6) is 0 Å². The number of imide groups is 1. The lowest BCUT2D eigenvalue weighted by molar-refractivity contribution is -0.125. The highest BCUT2D eigenvalue weighted by Crippen LogP contribution is 2.24. The molecule has 2 saturated heterocycles. The molecule has 0 radical (unpaired) electrons. The van der Waals surface area contributed by atoms with E-state index in [0.717, 1.165) is 12.8 Å². The third kappa shape index (κ3) is 2.87. The monoisotopic (exact) mass is 290 g/mol. The molecule has 2 atom stereocenters. The van der Waals surface area contributed by atoms with Gasteiger partial charge in [0.05, 0.1) is 0 Å². The Morgan fingerprint density at radius 3 is 2.57 bits per heavy atom. The molecule has 2 aliphatic heterocycles. The Balaban J connectivity index is 1.65. The first-order valence-corrected chi connectivity index (χ1v) is 6.67. The molecule has 2 heterocycles. The van der Waals surface area contributed by atoms with Crippen molar-refractivity contribution < 1.29 is 23.9 Å². The van der Waals surface area contributed by atoms with E-state index >= 15 is 0 Å². The Morgan fingerprint density at radius 2 is 2.00 bits per heavy atom. The molecule has 2 N–H and O–H groups in total. The van der Waals surface area contributed by atoms with Crippen LogP contribution in [0.4, 0.5) is 10.5 Å². The summed E-state index contributed by atoms with van der Waals surface area (Å²) in [7, 11) is 0. The average molecular weight is 290 g/mol. The van der Waals surface area contributed by atoms with Gasteiger partial charge in [0.1, 0.15) is 6.10 Å². The van der Waals surface area contributed by atoms with E-state index in [0.29, 0.717) is 17.9 Å². The van der Waals surface area contributed by atoms with Gasteiger partial charge in [-0.3, -0.25) is 14.9 Å². The molecule has 0 saturated carbocycles. The third-order valence-electron chi connectivity index (χ3n) is 3.39. The average Bonchev–Trinajstić information content (AvgIpc) is 3.09. The van der Waals surface area contributed by atoms with E-state index < -0.39 is 24.2 Å². The minimum Gasteiger partial charge on any atom is -0.431 e. The van der Waals surface area contributed by atoms with Crippen molar-refractivity contribution in [2.45, 2.75) is 25.0 Å². The molecule has 3 amide bonds. The van der Waals surface area contributed by atoms with Gasteiger partial charge < -0.3 is 14.8 Å². The van der Waals surface area contributed by atoms with Gasteiger partial charge in [0.2, 0.25) is 6.10 Å². The first-order valence-electron chi connectivity index (χ1n) is 6.67. The van der Waals surface area contributed by atoms with E-state index in [2.05, 4.69) is 10.6 Å². The van der Waals surface area contributed by atoms with Crippen LogP contribution in [0.3, 0.4) is 0 Å². The van der Waals surface area contributed by atoms with E-state index in [4.69, 9.17) is 9.47 Å². The van der Waals surface area contributed by atoms with Crippen molar-refractivity contribution in [2.24, 2.45) is 0 Å². The number of nitrogens with one attached hydrogen (secondary N) is 2. The summed E-state index contributed by atoms with van der Waals surface area (Å²) in [5.41, 5.74) is 1.15. The number of alkyl carbamates (subject to hydrolysis) is 1. The standard InChI is InChI=1S/C14H14N2O5/c17-12(10-2-1-7-20-10)15-9-5-3-8(4-6-9)11-13(18)16-14(19)21-11/h3-6,10-11H,1-2,7H2,(H,15,17)(H,16,18,19). The Bertz CT molecular complexity index is 578. The van der Waals surface area contributed by atoms with Gasteiger partial charge in [-0.05, 0) is 25.0 Å². The number of cyclic esters (lactones) is 1. The van der Waals surface area contributed by atoms with Gasteiger partial charge in [0, 0.05) is 17.9 Å². The number of hydrogen-bond donors (Lipinski definition) is 2. The second-order valence-corrected chi connectivity index (χ2v) is 4.89. The number of amides is 3. The molecule has 7 heteroatoms. The Hall–Kier alpha value is -2.41. The van der Waals surface area contributed by atoms with Crippen LogP contribution >= 0.6 is 0 Å². The molecule has 1 aromatic carbocycles. The Kier molecular flexibility index (Phi) is 3.57. The lowest BCUT2D eigenvalue weighted by Gasteiger charge is -2.11. The maximum Gasteiger partial charge on any atom is 0.415 e. The predicted molar refractivity (Wildman–Crippen MR) is 71.4 cm³/mol. The SMILES string of the molecule is O=C1NC(=O)C(c2ccc(NC(=O)C3CCCO3)cc2)O1. The van der Waals surface area contributed by atoms with Gasteiger partial charge in [-0.15, -0.1) is 0 Å². The van der Waals surface area contributed by atoms with Crippen molar-refractivity contribution in [3.8, 4) is 0 Å². The Morgan fingerprint density at radius 1 is 1.24 bits per heavy atom. The molecule has 0 bridgehead atoms. The normalized spacial score (nSPS) is 24.6. The summed E-state index contributed by atoms with van der Waals surface area (Å²) in [5, 5.41) is 4.81. The van der Waals surface area contributed by atoms with Crippen LogP contribution in [0, 0.1) is 0 Å². The minimum atomic E-state index is -0.930. The number of benzene rings is 1. The fourth-order valence-electron chi connectivity index (χ4n) is 2.32. The first kappa shape index (κ1) is 13.6. The van der Waals surface area contributed by atoms with Crippen LogP contribution in [-0.4, -0.2) is 30.6 Å².